The minimum Gasteiger partial charge on any atom is -0.495 e. The van der Waals surface area contributed by atoms with Crippen molar-refractivity contribution in [3.8, 4) is 5.75 Å². The maximum Gasteiger partial charge on any atom is 0.358 e. The molecule has 0 aliphatic carbocycles. The van der Waals surface area contributed by atoms with Crippen LogP contribution < -0.4 is 15.0 Å². The van der Waals surface area contributed by atoms with Gasteiger partial charge < -0.3 is 14.8 Å². The average Bonchev–Trinajstić information content (AvgIpc) is 3.18. The van der Waals surface area contributed by atoms with Crippen molar-refractivity contribution in [3.63, 3.8) is 0 Å². The fourth-order valence-electron chi connectivity index (χ4n) is 3.90. The maximum atomic E-state index is 13.8. The van der Waals surface area contributed by atoms with E-state index < -0.39 is 17.4 Å². The van der Waals surface area contributed by atoms with Gasteiger partial charge in [-0.3, -0.25) is 19.2 Å². The lowest BCUT2D eigenvalue weighted by molar-refractivity contribution is -0.126. The Morgan fingerprint density at radius 1 is 1.27 bits per heavy atom. The summed E-state index contributed by atoms with van der Waals surface area (Å²) in [6.07, 6.45) is 0.809. The van der Waals surface area contributed by atoms with E-state index in [0.717, 1.165) is 12.0 Å². The highest BCUT2D eigenvalue weighted by molar-refractivity contribution is 6.13. The molecule has 0 saturated carbocycles. The number of nitrogens with zero attached hydrogens (tertiary/aromatic N) is 3. The van der Waals surface area contributed by atoms with Gasteiger partial charge in [0.05, 0.1) is 25.9 Å². The van der Waals surface area contributed by atoms with Gasteiger partial charge in [-0.1, -0.05) is 19.9 Å². The molecule has 1 aromatic carbocycles. The number of nitrogens with one attached hydrogen (secondary N) is 1. The van der Waals surface area contributed by atoms with Crippen LogP contribution in [0.4, 0.5) is 5.69 Å². The third-order valence-electron chi connectivity index (χ3n) is 5.71. The smallest absolute Gasteiger partial charge is 0.358 e. The lowest BCUT2D eigenvalue weighted by Gasteiger charge is -2.43. The highest BCUT2D eigenvalue weighted by Gasteiger charge is 2.50. The van der Waals surface area contributed by atoms with Gasteiger partial charge in [0.25, 0.3) is 5.91 Å². The number of carbonyl (C=O) groups is 3. The molecule has 2 heterocycles. The normalized spacial score (nSPS) is 17.7. The molecule has 0 fully saturated rings. The van der Waals surface area contributed by atoms with Gasteiger partial charge in [0, 0.05) is 12.6 Å². The number of methoxy groups -OCH3 is 1. The molecule has 1 unspecified atom stereocenters. The van der Waals surface area contributed by atoms with Gasteiger partial charge in [0.1, 0.15) is 17.0 Å². The van der Waals surface area contributed by atoms with Crippen molar-refractivity contribution in [3.05, 3.63) is 41.2 Å². The largest absolute Gasteiger partial charge is 0.495 e. The number of hydrogen-bond donors (Lipinski definition) is 1. The van der Waals surface area contributed by atoms with Gasteiger partial charge in [0.2, 0.25) is 5.91 Å². The Morgan fingerprint density at radius 3 is 2.64 bits per heavy atom. The first-order chi connectivity index (χ1) is 15.6. The summed E-state index contributed by atoms with van der Waals surface area (Å²) in [4.78, 5) is 41.0. The Bertz CT molecular complexity index is 1060. The average molecular weight is 457 g/mol. The molecule has 1 aromatic heterocycles. The second-order valence-corrected chi connectivity index (χ2v) is 8.82. The number of benzene rings is 1. The summed E-state index contributed by atoms with van der Waals surface area (Å²) in [6, 6.07) is 6.87. The number of fused-ring (bicyclic) bond motifs is 1. The van der Waals surface area contributed by atoms with E-state index in [-0.39, 0.29) is 30.4 Å². The Kier molecular flexibility index (Phi) is 7.09. The Hall–Kier alpha value is -3.36. The van der Waals surface area contributed by atoms with Crippen molar-refractivity contribution in [1.29, 1.82) is 0 Å². The number of ether oxygens (including phenoxy) is 2. The predicted molar refractivity (Wildman–Crippen MR) is 124 cm³/mol. The van der Waals surface area contributed by atoms with Gasteiger partial charge >= 0.3 is 5.97 Å². The first-order valence-corrected chi connectivity index (χ1v) is 11.1. The van der Waals surface area contributed by atoms with Gasteiger partial charge in [-0.2, -0.15) is 5.10 Å². The standard InChI is InChI=1S/C24H32N4O5/c1-7-33-22(30)17-13-19-21(29)28(18-12-16(4)8-9-20(18)32-6)24(5,14-27(19)26-17)23(31)25-11-10-15(2)3/h8-9,12-13,15H,7,10-11,14H2,1-6H3,(H,25,31). The topological polar surface area (TPSA) is 103 Å². The quantitative estimate of drug-likeness (QED) is 0.613. The van der Waals surface area contributed by atoms with Crippen LogP contribution in [0, 0.1) is 12.8 Å². The first-order valence-electron chi connectivity index (χ1n) is 11.1. The summed E-state index contributed by atoms with van der Waals surface area (Å²) < 4.78 is 12.0. The molecule has 178 valence electrons. The molecule has 1 atom stereocenters. The van der Waals surface area contributed by atoms with Crippen molar-refractivity contribution < 1.29 is 23.9 Å². The summed E-state index contributed by atoms with van der Waals surface area (Å²) >= 11 is 0. The molecule has 0 radical (unpaired) electrons. The van der Waals surface area contributed by atoms with Crippen molar-refractivity contribution >= 4 is 23.5 Å². The zero-order chi connectivity index (χ0) is 24.3. The number of hydrogen-bond acceptors (Lipinski definition) is 6. The van der Waals surface area contributed by atoms with Crippen molar-refractivity contribution in [1.82, 2.24) is 15.1 Å². The van der Waals surface area contributed by atoms with Gasteiger partial charge in [-0.15, -0.1) is 0 Å². The molecule has 0 spiro atoms. The number of aryl methyl sites for hydroxylation is 1. The zero-order valence-corrected chi connectivity index (χ0v) is 20.1. The minimum atomic E-state index is -1.31. The summed E-state index contributed by atoms with van der Waals surface area (Å²) in [5, 5.41) is 7.25. The highest BCUT2D eigenvalue weighted by atomic mass is 16.5. The third kappa shape index (κ3) is 4.72. The van der Waals surface area contributed by atoms with E-state index in [4.69, 9.17) is 9.47 Å². The fourth-order valence-corrected chi connectivity index (χ4v) is 3.90. The SMILES string of the molecule is CCOC(=O)c1cc2n(n1)CC(C)(C(=O)NCCC(C)C)N(c1cc(C)ccc1OC)C2=O. The van der Waals surface area contributed by atoms with E-state index in [2.05, 4.69) is 24.3 Å². The molecule has 33 heavy (non-hydrogen) atoms. The number of esters is 1. The number of anilines is 1. The molecular formula is C24H32N4O5. The zero-order valence-electron chi connectivity index (χ0n) is 20.1. The Balaban J connectivity index is 2.11. The molecule has 9 heteroatoms. The number of rotatable bonds is 8. The van der Waals surface area contributed by atoms with E-state index in [0.29, 0.717) is 23.9 Å². The van der Waals surface area contributed by atoms with E-state index in [9.17, 15) is 14.4 Å². The predicted octanol–water partition coefficient (Wildman–Crippen LogP) is 2.96. The lowest BCUT2D eigenvalue weighted by Crippen LogP contribution is -2.64. The van der Waals surface area contributed by atoms with Crippen LogP contribution in [0.5, 0.6) is 5.75 Å². The lowest BCUT2D eigenvalue weighted by atomic mass is 9.93. The van der Waals surface area contributed by atoms with Crippen molar-refractivity contribution in [2.24, 2.45) is 5.92 Å². The second kappa shape index (κ2) is 9.64. The molecule has 0 saturated heterocycles. The molecule has 3 rings (SSSR count). The van der Waals surface area contributed by atoms with Crippen molar-refractivity contribution in [2.45, 2.75) is 53.1 Å². The molecule has 1 aliphatic rings. The number of carbonyl (C=O) groups excluding carboxylic acids is 3. The number of aromatic nitrogens is 2. The molecule has 9 nitrogen and oxygen atoms in total. The summed E-state index contributed by atoms with van der Waals surface area (Å²) in [5.74, 6) is -0.485. The van der Waals surface area contributed by atoms with E-state index in [1.807, 2.05) is 19.1 Å². The van der Waals surface area contributed by atoms with Crippen LogP contribution >= 0.6 is 0 Å². The molecule has 1 aliphatic heterocycles. The van der Waals surface area contributed by atoms with Crippen LogP contribution in [0.2, 0.25) is 0 Å². The molecule has 2 aromatic rings. The fraction of sp³-hybridized carbons (Fsp3) is 0.500. The minimum absolute atomic E-state index is 0.0285. The van der Waals surface area contributed by atoms with Gasteiger partial charge in [-0.25, -0.2) is 4.79 Å². The van der Waals surface area contributed by atoms with Crippen LogP contribution in [0.1, 0.15) is 60.7 Å². The third-order valence-corrected chi connectivity index (χ3v) is 5.71. The van der Waals surface area contributed by atoms with Crippen LogP contribution in [0.25, 0.3) is 0 Å². The number of amides is 2. The molecule has 2 amide bonds. The second-order valence-electron chi connectivity index (χ2n) is 8.82. The van der Waals surface area contributed by atoms with Crippen LogP contribution in [-0.4, -0.2) is 53.4 Å². The Morgan fingerprint density at radius 2 is 2.00 bits per heavy atom. The van der Waals surface area contributed by atoms with Gasteiger partial charge in [0.15, 0.2) is 5.69 Å². The van der Waals surface area contributed by atoms with E-state index in [1.165, 1.54) is 22.8 Å². The summed E-state index contributed by atoms with van der Waals surface area (Å²) in [5.41, 5.74) is 0.316. The monoisotopic (exact) mass is 456 g/mol. The summed E-state index contributed by atoms with van der Waals surface area (Å²) in [6.45, 7) is 10.2. The highest BCUT2D eigenvalue weighted by Crippen LogP contribution is 2.38. The van der Waals surface area contributed by atoms with E-state index >= 15 is 0 Å². The summed E-state index contributed by atoms with van der Waals surface area (Å²) in [7, 11) is 1.52. The van der Waals surface area contributed by atoms with Crippen LogP contribution in [-0.2, 0) is 16.1 Å². The first kappa shape index (κ1) is 24.3. The molecular weight excluding hydrogens is 424 g/mol. The van der Waals surface area contributed by atoms with Crippen LogP contribution in [0.15, 0.2) is 24.3 Å². The Labute approximate surface area is 194 Å². The maximum absolute atomic E-state index is 13.8. The molecule has 1 N–H and O–H groups in total. The van der Waals surface area contributed by atoms with Crippen LogP contribution in [0.3, 0.4) is 0 Å². The van der Waals surface area contributed by atoms with Gasteiger partial charge in [-0.05, 0) is 50.8 Å². The molecule has 0 bridgehead atoms. The van der Waals surface area contributed by atoms with E-state index in [1.54, 1.807) is 19.9 Å². The van der Waals surface area contributed by atoms with Crippen molar-refractivity contribution in [2.75, 3.05) is 25.2 Å².